The van der Waals surface area contributed by atoms with Gasteiger partial charge in [0.2, 0.25) is 0 Å². The summed E-state index contributed by atoms with van der Waals surface area (Å²) in [4.78, 5) is 0. The molecule has 0 aliphatic rings. The average molecular weight is 162 g/mol. The molecule has 0 aromatic heterocycles. The maximum absolute atomic E-state index is 5.09. The third-order valence-electron chi connectivity index (χ3n) is 1.57. The maximum Gasteiger partial charge on any atom is 0.0267 e. The van der Waals surface area contributed by atoms with Crippen molar-refractivity contribution >= 4 is 0 Å². The number of unbranched alkanes of at least 4 members (excludes halogenated alkanes) is 2. The van der Waals surface area contributed by atoms with Gasteiger partial charge in [-0.3, -0.25) is 0 Å². The van der Waals surface area contributed by atoms with Crippen LogP contribution in [0, 0.1) is 12.3 Å². The first-order chi connectivity index (χ1) is 5.91. The van der Waals surface area contributed by atoms with Crippen molar-refractivity contribution < 1.29 is 0 Å². The van der Waals surface area contributed by atoms with Crippen LogP contribution < -0.4 is 0 Å². The van der Waals surface area contributed by atoms with Crippen LogP contribution in [-0.4, -0.2) is 0 Å². The van der Waals surface area contributed by atoms with E-state index in [0.29, 0.717) is 0 Å². The zero-order valence-corrected chi connectivity index (χ0v) is 7.92. The highest BCUT2D eigenvalue weighted by Gasteiger charge is 1.76. The second-order valence-electron chi connectivity index (χ2n) is 2.73. The van der Waals surface area contributed by atoms with E-state index in [1.807, 2.05) is 6.08 Å². The number of allylic oxidation sites excluding steroid dienone is 4. The van der Waals surface area contributed by atoms with E-state index >= 15 is 0 Å². The SMILES string of the molecule is C#CC/C=C\C/C=C\CCCC. The van der Waals surface area contributed by atoms with Gasteiger partial charge < -0.3 is 0 Å². The molecule has 0 N–H and O–H groups in total. The highest BCUT2D eigenvalue weighted by Crippen LogP contribution is 1.96. The van der Waals surface area contributed by atoms with Crippen molar-refractivity contribution in [2.75, 3.05) is 0 Å². The summed E-state index contributed by atoms with van der Waals surface area (Å²) in [5.41, 5.74) is 0. The Bertz CT molecular complexity index is 167. The topological polar surface area (TPSA) is 0 Å². The third-order valence-corrected chi connectivity index (χ3v) is 1.57. The summed E-state index contributed by atoms with van der Waals surface area (Å²) in [6.07, 6.45) is 19.2. The van der Waals surface area contributed by atoms with Crippen LogP contribution in [-0.2, 0) is 0 Å². The van der Waals surface area contributed by atoms with Crippen molar-refractivity contribution in [3.05, 3.63) is 24.3 Å². The van der Waals surface area contributed by atoms with Crippen molar-refractivity contribution in [2.45, 2.75) is 39.0 Å². The Morgan fingerprint density at radius 2 is 1.92 bits per heavy atom. The predicted octanol–water partition coefficient (Wildman–Crippen LogP) is 3.70. The van der Waals surface area contributed by atoms with Crippen LogP contribution in [0.15, 0.2) is 24.3 Å². The van der Waals surface area contributed by atoms with E-state index in [1.165, 1.54) is 19.3 Å². The lowest BCUT2D eigenvalue weighted by molar-refractivity contribution is 0.813. The van der Waals surface area contributed by atoms with Gasteiger partial charge >= 0.3 is 0 Å². The van der Waals surface area contributed by atoms with E-state index in [2.05, 4.69) is 31.1 Å². The maximum atomic E-state index is 5.09. The molecule has 0 aromatic rings. The second-order valence-corrected chi connectivity index (χ2v) is 2.73. The predicted molar refractivity (Wildman–Crippen MR) is 55.9 cm³/mol. The van der Waals surface area contributed by atoms with Crippen LogP contribution in [0.2, 0.25) is 0 Å². The molecule has 0 aliphatic carbocycles. The normalized spacial score (nSPS) is 11.0. The molecule has 0 aliphatic heterocycles. The minimum absolute atomic E-state index is 0.753. The number of terminal acetylenes is 1. The van der Waals surface area contributed by atoms with Gasteiger partial charge in [-0.05, 0) is 12.8 Å². The molecule has 0 aromatic carbocycles. The minimum atomic E-state index is 0.753. The smallest absolute Gasteiger partial charge is 0.0267 e. The summed E-state index contributed by atoms with van der Waals surface area (Å²) in [5.74, 6) is 2.57. The van der Waals surface area contributed by atoms with E-state index < -0.39 is 0 Å². The van der Waals surface area contributed by atoms with E-state index in [1.54, 1.807) is 0 Å². The summed E-state index contributed by atoms with van der Waals surface area (Å²) in [7, 11) is 0. The van der Waals surface area contributed by atoms with E-state index in [9.17, 15) is 0 Å². The number of rotatable bonds is 6. The Kier molecular flexibility index (Phi) is 9.24. The molecule has 0 heteroatoms. The van der Waals surface area contributed by atoms with Crippen LogP contribution in [0.1, 0.15) is 39.0 Å². The van der Waals surface area contributed by atoms with Gasteiger partial charge in [-0.15, -0.1) is 12.3 Å². The van der Waals surface area contributed by atoms with Gasteiger partial charge in [0.25, 0.3) is 0 Å². The van der Waals surface area contributed by atoms with Gasteiger partial charge in [0.05, 0.1) is 0 Å². The fraction of sp³-hybridized carbons (Fsp3) is 0.500. The average Bonchev–Trinajstić information content (AvgIpc) is 2.10. The van der Waals surface area contributed by atoms with Crippen molar-refractivity contribution in [2.24, 2.45) is 0 Å². The van der Waals surface area contributed by atoms with Gasteiger partial charge in [-0.2, -0.15) is 0 Å². The van der Waals surface area contributed by atoms with Crippen LogP contribution in [0.3, 0.4) is 0 Å². The van der Waals surface area contributed by atoms with E-state index in [-0.39, 0.29) is 0 Å². The quantitative estimate of drug-likeness (QED) is 0.317. The summed E-state index contributed by atoms with van der Waals surface area (Å²) in [6, 6.07) is 0. The van der Waals surface area contributed by atoms with Crippen molar-refractivity contribution in [3.63, 3.8) is 0 Å². The van der Waals surface area contributed by atoms with Gasteiger partial charge in [0, 0.05) is 6.42 Å². The standard InChI is InChI=1S/C12H18/c1-3-5-7-9-11-12-10-8-6-4-2/h1,7,9-10,12H,4-6,8,11H2,2H3/b9-7-,12-10-. The summed E-state index contributed by atoms with van der Waals surface area (Å²) >= 11 is 0. The molecule has 0 nitrogen and oxygen atoms in total. The zero-order valence-electron chi connectivity index (χ0n) is 7.92. The molecule has 0 bridgehead atoms. The van der Waals surface area contributed by atoms with Crippen molar-refractivity contribution in [1.29, 1.82) is 0 Å². The first-order valence-corrected chi connectivity index (χ1v) is 4.65. The lowest BCUT2D eigenvalue weighted by Crippen LogP contribution is -1.66. The number of hydrogen-bond donors (Lipinski definition) is 0. The Labute approximate surface area is 76.4 Å². The molecule has 0 radical (unpaired) electrons. The highest BCUT2D eigenvalue weighted by molar-refractivity contribution is 4.99. The van der Waals surface area contributed by atoms with Crippen molar-refractivity contribution in [3.8, 4) is 12.3 Å². The summed E-state index contributed by atoms with van der Waals surface area (Å²) in [5, 5.41) is 0. The molecule has 0 atom stereocenters. The summed E-state index contributed by atoms with van der Waals surface area (Å²) in [6.45, 7) is 2.21. The third kappa shape index (κ3) is 9.04. The van der Waals surface area contributed by atoms with E-state index in [0.717, 1.165) is 12.8 Å². The van der Waals surface area contributed by atoms with E-state index in [4.69, 9.17) is 6.42 Å². The molecular formula is C12H18. The first-order valence-electron chi connectivity index (χ1n) is 4.65. The Balaban J connectivity index is 3.19. The van der Waals surface area contributed by atoms with Gasteiger partial charge in [-0.25, -0.2) is 0 Å². The molecular weight excluding hydrogens is 144 g/mol. The Hall–Kier alpha value is -0.960. The molecule has 0 unspecified atom stereocenters. The minimum Gasteiger partial charge on any atom is -0.120 e. The molecule has 12 heavy (non-hydrogen) atoms. The Morgan fingerprint density at radius 3 is 2.58 bits per heavy atom. The molecule has 0 fully saturated rings. The van der Waals surface area contributed by atoms with Gasteiger partial charge in [0.1, 0.15) is 0 Å². The van der Waals surface area contributed by atoms with Crippen LogP contribution in [0.4, 0.5) is 0 Å². The van der Waals surface area contributed by atoms with Gasteiger partial charge in [0.15, 0.2) is 0 Å². The fourth-order valence-corrected chi connectivity index (χ4v) is 0.862. The van der Waals surface area contributed by atoms with Gasteiger partial charge in [-0.1, -0.05) is 44.1 Å². The fourth-order valence-electron chi connectivity index (χ4n) is 0.862. The molecule has 0 saturated carbocycles. The van der Waals surface area contributed by atoms with Crippen LogP contribution >= 0.6 is 0 Å². The van der Waals surface area contributed by atoms with Crippen LogP contribution in [0.5, 0.6) is 0 Å². The lowest BCUT2D eigenvalue weighted by atomic mass is 10.2. The molecule has 0 spiro atoms. The lowest BCUT2D eigenvalue weighted by Gasteiger charge is -1.86. The second kappa shape index (κ2) is 10.0. The number of hydrogen-bond acceptors (Lipinski definition) is 0. The highest BCUT2D eigenvalue weighted by atomic mass is 13.8. The molecule has 0 rings (SSSR count). The molecule has 66 valence electrons. The Morgan fingerprint density at radius 1 is 1.17 bits per heavy atom. The molecule has 0 amide bonds. The molecule has 0 saturated heterocycles. The summed E-state index contributed by atoms with van der Waals surface area (Å²) < 4.78 is 0. The van der Waals surface area contributed by atoms with Crippen molar-refractivity contribution in [1.82, 2.24) is 0 Å². The largest absolute Gasteiger partial charge is 0.120 e. The monoisotopic (exact) mass is 162 g/mol. The molecule has 0 heterocycles. The van der Waals surface area contributed by atoms with Crippen LogP contribution in [0.25, 0.3) is 0 Å². The zero-order chi connectivity index (χ0) is 9.07. The first kappa shape index (κ1) is 11.0.